The van der Waals surface area contributed by atoms with E-state index < -0.39 is 11.7 Å². The van der Waals surface area contributed by atoms with E-state index in [4.69, 9.17) is 11.5 Å². The highest BCUT2D eigenvalue weighted by Crippen LogP contribution is 2.36. The van der Waals surface area contributed by atoms with Gasteiger partial charge in [0.15, 0.2) is 11.6 Å². The molecule has 0 amide bonds. The average molecular weight is 499 g/mol. The predicted molar refractivity (Wildman–Crippen MR) is 135 cm³/mol. The standard InChI is InChI=1S/C25H29F3N8/c1-3-8-24(30)9-13-36(14-10-24)19-7-5-12-32-23(19)34-16(2)20-22(29)33-15-18(35-20)21-17(25(26,27)28)6-4-11-31-21/h4-7,11-12,15H,2-3,8-10,13-14,30H2,1H3,(H2,29,33)(H,32,34). The van der Waals surface area contributed by atoms with Gasteiger partial charge < -0.3 is 21.7 Å². The van der Waals surface area contributed by atoms with Crippen LogP contribution in [-0.4, -0.2) is 38.6 Å². The van der Waals surface area contributed by atoms with E-state index in [0.717, 1.165) is 50.5 Å². The molecule has 1 fully saturated rings. The van der Waals surface area contributed by atoms with Gasteiger partial charge in [-0.15, -0.1) is 0 Å². The van der Waals surface area contributed by atoms with Crippen molar-refractivity contribution in [3.05, 3.63) is 60.7 Å². The molecule has 0 aromatic carbocycles. The molecule has 1 saturated heterocycles. The highest BCUT2D eigenvalue weighted by atomic mass is 19.4. The summed E-state index contributed by atoms with van der Waals surface area (Å²) in [6.07, 6.45) is 3.23. The monoisotopic (exact) mass is 498 g/mol. The first-order valence-electron chi connectivity index (χ1n) is 11.7. The summed E-state index contributed by atoms with van der Waals surface area (Å²) in [5.41, 5.74) is 12.3. The van der Waals surface area contributed by atoms with Crippen LogP contribution in [-0.2, 0) is 6.18 Å². The smallest absolute Gasteiger partial charge is 0.382 e. The molecule has 0 saturated carbocycles. The van der Waals surface area contributed by atoms with Crippen molar-refractivity contribution in [2.24, 2.45) is 5.73 Å². The zero-order valence-electron chi connectivity index (χ0n) is 20.0. The molecule has 0 aliphatic carbocycles. The minimum atomic E-state index is -4.60. The number of aromatic nitrogens is 4. The Morgan fingerprint density at radius 1 is 1.14 bits per heavy atom. The molecule has 0 radical (unpaired) electrons. The van der Waals surface area contributed by atoms with Gasteiger partial charge in [0.05, 0.1) is 23.1 Å². The average Bonchev–Trinajstić information content (AvgIpc) is 2.85. The Bertz CT molecular complexity index is 1240. The Kier molecular flexibility index (Phi) is 7.11. The van der Waals surface area contributed by atoms with Crippen molar-refractivity contribution in [2.75, 3.05) is 29.0 Å². The Labute approximate surface area is 207 Å². The molecular weight excluding hydrogens is 469 g/mol. The van der Waals surface area contributed by atoms with Crippen LogP contribution in [0, 0.1) is 0 Å². The second-order valence-corrected chi connectivity index (χ2v) is 8.96. The summed E-state index contributed by atoms with van der Waals surface area (Å²) in [6.45, 7) is 7.70. The normalized spacial score (nSPS) is 15.5. The summed E-state index contributed by atoms with van der Waals surface area (Å²) in [5, 5.41) is 3.13. The summed E-state index contributed by atoms with van der Waals surface area (Å²) in [4.78, 5) is 18.9. The lowest BCUT2D eigenvalue weighted by atomic mass is 9.84. The third-order valence-corrected chi connectivity index (χ3v) is 6.35. The molecule has 0 spiro atoms. The van der Waals surface area contributed by atoms with Crippen molar-refractivity contribution in [3.8, 4) is 11.4 Å². The SMILES string of the molecule is C=C(Nc1ncccc1N1CCC(N)(CCC)CC1)c1nc(-c2ncccc2C(F)(F)F)cnc1N. The predicted octanol–water partition coefficient (Wildman–Crippen LogP) is 4.72. The quantitative estimate of drug-likeness (QED) is 0.428. The fourth-order valence-electron chi connectivity index (χ4n) is 4.46. The fraction of sp³-hybridized carbons (Fsp3) is 0.360. The molecule has 11 heteroatoms. The first-order chi connectivity index (χ1) is 17.1. The van der Waals surface area contributed by atoms with Crippen molar-refractivity contribution < 1.29 is 13.2 Å². The number of nitrogens with zero attached hydrogens (tertiary/aromatic N) is 5. The lowest BCUT2D eigenvalue weighted by Crippen LogP contribution is -2.50. The van der Waals surface area contributed by atoms with Crippen LogP contribution in [0.5, 0.6) is 0 Å². The van der Waals surface area contributed by atoms with E-state index in [1.807, 2.05) is 12.1 Å². The van der Waals surface area contributed by atoms with Gasteiger partial charge >= 0.3 is 6.18 Å². The zero-order chi connectivity index (χ0) is 25.9. The molecular formula is C25H29F3N8. The highest BCUT2D eigenvalue weighted by Gasteiger charge is 2.35. The molecule has 1 aliphatic rings. The number of rotatable bonds is 7. The van der Waals surface area contributed by atoms with Crippen LogP contribution in [0.4, 0.5) is 30.5 Å². The summed E-state index contributed by atoms with van der Waals surface area (Å²) < 4.78 is 40.5. The molecule has 190 valence electrons. The van der Waals surface area contributed by atoms with Crippen LogP contribution in [0.2, 0.25) is 0 Å². The molecule has 3 aromatic rings. The first kappa shape index (κ1) is 25.4. The number of nitrogens with two attached hydrogens (primary N) is 2. The van der Waals surface area contributed by atoms with Gasteiger partial charge in [-0.3, -0.25) is 4.98 Å². The number of alkyl halides is 3. The molecule has 5 N–H and O–H groups in total. The molecule has 0 bridgehead atoms. The largest absolute Gasteiger partial charge is 0.418 e. The van der Waals surface area contributed by atoms with Gasteiger partial charge in [0.1, 0.15) is 17.1 Å². The number of halogens is 3. The van der Waals surface area contributed by atoms with Gasteiger partial charge in [0.25, 0.3) is 0 Å². The molecule has 3 aromatic heterocycles. The van der Waals surface area contributed by atoms with Gasteiger partial charge in [-0.05, 0) is 43.5 Å². The Morgan fingerprint density at radius 2 is 1.83 bits per heavy atom. The maximum absolute atomic E-state index is 13.5. The molecule has 36 heavy (non-hydrogen) atoms. The van der Waals surface area contributed by atoms with Gasteiger partial charge in [-0.1, -0.05) is 19.9 Å². The maximum Gasteiger partial charge on any atom is 0.418 e. The molecule has 0 atom stereocenters. The van der Waals surface area contributed by atoms with E-state index in [1.54, 1.807) is 6.20 Å². The Morgan fingerprint density at radius 3 is 2.53 bits per heavy atom. The fourth-order valence-corrected chi connectivity index (χ4v) is 4.46. The molecule has 8 nitrogen and oxygen atoms in total. The maximum atomic E-state index is 13.5. The van der Waals surface area contributed by atoms with Gasteiger partial charge in [0, 0.05) is 31.0 Å². The van der Waals surface area contributed by atoms with E-state index in [2.05, 4.69) is 43.7 Å². The lowest BCUT2D eigenvalue weighted by molar-refractivity contribution is -0.137. The van der Waals surface area contributed by atoms with Crippen molar-refractivity contribution in [3.63, 3.8) is 0 Å². The van der Waals surface area contributed by atoms with E-state index in [0.29, 0.717) is 5.82 Å². The van der Waals surface area contributed by atoms with Crippen LogP contribution in [0.25, 0.3) is 17.1 Å². The van der Waals surface area contributed by atoms with Crippen LogP contribution in [0.1, 0.15) is 43.9 Å². The molecule has 1 aliphatic heterocycles. The minimum Gasteiger partial charge on any atom is -0.382 e. The minimum absolute atomic E-state index is 0.0173. The van der Waals surface area contributed by atoms with Crippen LogP contribution in [0.3, 0.4) is 0 Å². The van der Waals surface area contributed by atoms with Gasteiger partial charge in [-0.2, -0.15) is 13.2 Å². The number of piperidine rings is 1. The number of hydrogen-bond acceptors (Lipinski definition) is 8. The van der Waals surface area contributed by atoms with Crippen molar-refractivity contribution in [1.29, 1.82) is 0 Å². The van der Waals surface area contributed by atoms with Gasteiger partial charge in [0.2, 0.25) is 0 Å². The summed E-state index contributed by atoms with van der Waals surface area (Å²) >= 11 is 0. The second-order valence-electron chi connectivity index (χ2n) is 8.96. The van der Waals surface area contributed by atoms with E-state index in [9.17, 15) is 13.2 Å². The first-order valence-corrected chi connectivity index (χ1v) is 11.7. The third kappa shape index (κ3) is 5.40. The molecule has 4 rings (SSSR count). The topological polar surface area (TPSA) is 119 Å². The van der Waals surface area contributed by atoms with Crippen LogP contribution < -0.4 is 21.7 Å². The van der Waals surface area contributed by atoms with E-state index >= 15 is 0 Å². The van der Waals surface area contributed by atoms with Crippen molar-refractivity contribution in [1.82, 2.24) is 19.9 Å². The van der Waals surface area contributed by atoms with Crippen LogP contribution in [0.15, 0.2) is 49.4 Å². The third-order valence-electron chi connectivity index (χ3n) is 6.35. The van der Waals surface area contributed by atoms with Crippen molar-refractivity contribution >= 4 is 23.0 Å². The Balaban J connectivity index is 1.59. The number of anilines is 3. The summed E-state index contributed by atoms with van der Waals surface area (Å²) in [6, 6.07) is 5.95. The Hall–Kier alpha value is -3.73. The second kappa shape index (κ2) is 10.1. The number of nitrogens with one attached hydrogen (secondary N) is 1. The highest BCUT2D eigenvalue weighted by molar-refractivity contribution is 5.82. The molecule has 0 unspecified atom stereocenters. The summed E-state index contributed by atoms with van der Waals surface area (Å²) in [5.74, 6) is 0.548. The number of nitrogen functional groups attached to an aromatic ring is 1. The van der Waals surface area contributed by atoms with Crippen LogP contribution >= 0.6 is 0 Å². The molecule has 4 heterocycles. The van der Waals surface area contributed by atoms with E-state index in [1.165, 1.54) is 18.5 Å². The zero-order valence-corrected chi connectivity index (χ0v) is 20.0. The number of hydrogen-bond donors (Lipinski definition) is 3. The van der Waals surface area contributed by atoms with Crippen molar-refractivity contribution in [2.45, 2.75) is 44.3 Å². The lowest BCUT2D eigenvalue weighted by Gasteiger charge is -2.40. The summed E-state index contributed by atoms with van der Waals surface area (Å²) in [7, 11) is 0. The van der Waals surface area contributed by atoms with E-state index in [-0.39, 0.29) is 34.1 Å². The van der Waals surface area contributed by atoms with Gasteiger partial charge in [-0.25, -0.2) is 15.0 Å². The number of pyridine rings is 2.